The van der Waals surface area contributed by atoms with E-state index in [9.17, 15) is 22.8 Å². The van der Waals surface area contributed by atoms with Gasteiger partial charge in [-0.1, -0.05) is 29.3 Å². The molecular weight excluding hydrogens is 570 g/mol. The first-order valence-electron chi connectivity index (χ1n) is 10.4. The van der Waals surface area contributed by atoms with Crippen molar-refractivity contribution in [3.63, 3.8) is 0 Å². The number of alkyl halides is 3. The highest BCUT2D eigenvalue weighted by atomic mass is 35.5. The summed E-state index contributed by atoms with van der Waals surface area (Å²) in [4.78, 5) is 33.7. The van der Waals surface area contributed by atoms with Crippen LogP contribution in [0.2, 0.25) is 10.0 Å². The standard InChI is InChI=1S/C23H16Cl2F3N5O4S/c1-36-13-7-14(37-2)16(25)18(15(13)24)32-21(34)12-8-38-19-17(12)29-9-30-20(19)33-22(35)31-11-5-3-4-10(6-11)23(26,27)28/h3-9H,1-2H3,(H,32,34)(H2,29,30,31,33,35). The zero-order chi connectivity index (χ0) is 27.6. The van der Waals surface area contributed by atoms with E-state index < -0.39 is 23.7 Å². The van der Waals surface area contributed by atoms with Gasteiger partial charge in [0.1, 0.15) is 27.9 Å². The van der Waals surface area contributed by atoms with Crippen molar-refractivity contribution < 1.29 is 32.2 Å². The van der Waals surface area contributed by atoms with Gasteiger partial charge in [0.15, 0.2) is 5.82 Å². The van der Waals surface area contributed by atoms with Crippen LogP contribution in [0.3, 0.4) is 0 Å². The fourth-order valence-corrected chi connectivity index (χ4v) is 4.86. The lowest BCUT2D eigenvalue weighted by Crippen LogP contribution is -2.20. The SMILES string of the molecule is COc1cc(OC)c(Cl)c(NC(=O)c2csc3c(NC(=O)Nc4cccc(C(F)(F)F)c4)ncnc23)c1Cl. The zero-order valence-electron chi connectivity index (χ0n) is 19.4. The molecule has 38 heavy (non-hydrogen) atoms. The van der Waals surface area contributed by atoms with Gasteiger partial charge in [-0.25, -0.2) is 14.8 Å². The fraction of sp³-hybridized carbons (Fsp3) is 0.130. The molecule has 198 valence electrons. The number of amides is 3. The van der Waals surface area contributed by atoms with Gasteiger partial charge in [0, 0.05) is 17.1 Å². The second-order valence-electron chi connectivity index (χ2n) is 7.45. The minimum Gasteiger partial charge on any atom is -0.495 e. The number of rotatable bonds is 6. The molecule has 2 aromatic carbocycles. The maximum Gasteiger partial charge on any atom is 0.416 e. The smallest absolute Gasteiger partial charge is 0.416 e. The van der Waals surface area contributed by atoms with Crippen molar-refractivity contribution in [3.8, 4) is 11.5 Å². The molecule has 4 aromatic rings. The van der Waals surface area contributed by atoms with Gasteiger partial charge in [-0.15, -0.1) is 11.3 Å². The highest BCUT2D eigenvalue weighted by Crippen LogP contribution is 2.44. The Kier molecular flexibility index (Phi) is 7.81. The van der Waals surface area contributed by atoms with E-state index in [-0.39, 0.29) is 49.8 Å². The van der Waals surface area contributed by atoms with Crippen LogP contribution in [0.4, 0.5) is 35.2 Å². The van der Waals surface area contributed by atoms with E-state index in [2.05, 4.69) is 25.9 Å². The third kappa shape index (κ3) is 5.54. The van der Waals surface area contributed by atoms with Crippen LogP contribution in [0, 0.1) is 0 Å². The van der Waals surface area contributed by atoms with Crippen LogP contribution >= 0.6 is 34.5 Å². The van der Waals surface area contributed by atoms with Gasteiger partial charge in [0.2, 0.25) is 0 Å². The average molecular weight is 586 g/mol. The minimum atomic E-state index is -4.56. The van der Waals surface area contributed by atoms with Gasteiger partial charge in [0.05, 0.1) is 41.3 Å². The molecule has 0 aliphatic rings. The number of anilines is 3. The predicted octanol–water partition coefficient (Wildman–Crippen LogP) is 6.93. The molecule has 0 saturated carbocycles. The maximum atomic E-state index is 13.1. The van der Waals surface area contributed by atoms with E-state index in [4.69, 9.17) is 32.7 Å². The third-order valence-electron chi connectivity index (χ3n) is 5.09. The van der Waals surface area contributed by atoms with Crippen molar-refractivity contribution in [2.45, 2.75) is 6.18 Å². The van der Waals surface area contributed by atoms with Crippen LogP contribution in [0.5, 0.6) is 11.5 Å². The zero-order valence-corrected chi connectivity index (χ0v) is 21.7. The van der Waals surface area contributed by atoms with Crippen molar-refractivity contribution >= 4 is 73.9 Å². The number of ether oxygens (including phenoxy) is 2. The number of hydrogen-bond acceptors (Lipinski definition) is 7. The number of nitrogens with zero attached hydrogens (tertiary/aromatic N) is 2. The van der Waals surface area contributed by atoms with E-state index in [1.807, 2.05) is 0 Å². The molecule has 3 N–H and O–H groups in total. The fourth-order valence-electron chi connectivity index (χ4n) is 3.32. The van der Waals surface area contributed by atoms with Crippen molar-refractivity contribution in [2.75, 3.05) is 30.2 Å². The van der Waals surface area contributed by atoms with Crippen LogP contribution in [-0.2, 0) is 6.18 Å². The number of hydrogen-bond donors (Lipinski definition) is 3. The van der Waals surface area contributed by atoms with Crippen LogP contribution in [0.25, 0.3) is 10.2 Å². The number of fused-ring (bicyclic) bond motifs is 1. The second kappa shape index (κ2) is 10.9. The van der Waals surface area contributed by atoms with Crippen molar-refractivity contribution in [2.24, 2.45) is 0 Å². The van der Waals surface area contributed by atoms with E-state index in [0.29, 0.717) is 4.70 Å². The van der Waals surface area contributed by atoms with E-state index >= 15 is 0 Å². The number of carbonyl (C=O) groups is 2. The highest BCUT2D eigenvalue weighted by molar-refractivity contribution is 7.18. The van der Waals surface area contributed by atoms with E-state index in [1.54, 1.807) is 0 Å². The monoisotopic (exact) mass is 585 g/mol. The molecule has 0 saturated heterocycles. The molecule has 15 heteroatoms. The van der Waals surface area contributed by atoms with E-state index in [0.717, 1.165) is 29.8 Å². The van der Waals surface area contributed by atoms with Crippen LogP contribution in [0.15, 0.2) is 42.0 Å². The molecule has 3 amide bonds. The summed E-state index contributed by atoms with van der Waals surface area (Å²) < 4.78 is 49.6. The molecule has 4 rings (SSSR count). The topological polar surface area (TPSA) is 114 Å². The third-order valence-corrected chi connectivity index (χ3v) is 6.82. The highest BCUT2D eigenvalue weighted by Gasteiger charge is 2.30. The summed E-state index contributed by atoms with van der Waals surface area (Å²) in [5.41, 5.74) is -0.595. The van der Waals surface area contributed by atoms with Gasteiger partial charge < -0.3 is 20.1 Å². The minimum absolute atomic E-state index is 0.0441. The summed E-state index contributed by atoms with van der Waals surface area (Å²) in [7, 11) is 2.78. The molecule has 0 atom stereocenters. The number of nitrogens with one attached hydrogen (secondary N) is 3. The molecule has 0 spiro atoms. The number of halogens is 5. The molecule has 0 aliphatic heterocycles. The molecule has 0 fully saturated rings. The quantitative estimate of drug-likeness (QED) is 0.226. The molecule has 2 aromatic heterocycles. The molecule has 0 aliphatic carbocycles. The van der Waals surface area contributed by atoms with Crippen LogP contribution in [0.1, 0.15) is 15.9 Å². The van der Waals surface area contributed by atoms with Crippen molar-refractivity contribution in [3.05, 3.63) is 63.2 Å². The summed E-state index contributed by atoms with van der Waals surface area (Å²) in [5.74, 6) is -0.131. The van der Waals surface area contributed by atoms with Gasteiger partial charge >= 0.3 is 12.2 Å². The Morgan fingerprint density at radius 1 is 0.974 bits per heavy atom. The van der Waals surface area contributed by atoms with Crippen LogP contribution in [-0.4, -0.2) is 36.1 Å². The molecule has 0 unspecified atom stereocenters. The van der Waals surface area contributed by atoms with E-state index in [1.165, 1.54) is 37.8 Å². The largest absolute Gasteiger partial charge is 0.495 e. The average Bonchev–Trinajstić information content (AvgIpc) is 3.32. The first-order valence-corrected chi connectivity index (χ1v) is 12.1. The summed E-state index contributed by atoms with van der Waals surface area (Å²) in [5, 5.41) is 9.00. The van der Waals surface area contributed by atoms with Crippen LogP contribution < -0.4 is 25.4 Å². The van der Waals surface area contributed by atoms with Crippen molar-refractivity contribution in [1.29, 1.82) is 0 Å². The summed E-state index contributed by atoms with van der Waals surface area (Å²) in [6, 6.07) is 4.79. The van der Waals surface area contributed by atoms with Gasteiger partial charge in [0.25, 0.3) is 5.91 Å². The molecular formula is C23H16Cl2F3N5O4S. The summed E-state index contributed by atoms with van der Waals surface area (Å²) in [6.45, 7) is 0. The molecule has 0 bridgehead atoms. The lowest BCUT2D eigenvalue weighted by molar-refractivity contribution is -0.137. The molecule has 9 nitrogen and oxygen atoms in total. The Hall–Kier alpha value is -3.81. The van der Waals surface area contributed by atoms with Gasteiger partial charge in [-0.3, -0.25) is 10.1 Å². The molecule has 2 heterocycles. The number of benzene rings is 2. The number of thiophene rings is 1. The van der Waals surface area contributed by atoms with Crippen molar-refractivity contribution in [1.82, 2.24) is 9.97 Å². The first kappa shape index (κ1) is 27.2. The number of methoxy groups -OCH3 is 2. The Bertz CT molecular complexity index is 1520. The first-order chi connectivity index (χ1) is 18.0. The summed E-state index contributed by atoms with van der Waals surface area (Å²) >= 11 is 13.7. The predicted molar refractivity (Wildman–Crippen MR) is 139 cm³/mol. The van der Waals surface area contributed by atoms with Gasteiger partial charge in [-0.05, 0) is 18.2 Å². The number of aromatic nitrogens is 2. The maximum absolute atomic E-state index is 13.1. The Labute approximate surface area is 226 Å². The summed E-state index contributed by atoms with van der Waals surface area (Å²) in [6.07, 6.45) is -3.44. The van der Waals surface area contributed by atoms with Gasteiger partial charge in [-0.2, -0.15) is 13.2 Å². The Morgan fingerprint density at radius 3 is 2.29 bits per heavy atom. The number of urea groups is 1. The Morgan fingerprint density at radius 2 is 1.66 bits per heavy atom. The normalized spacial score (nSPS) is 11.2. The number of carbonyl (C=O) groups excluding carboxylic acids is 2. The Balaban J connectivity index is 1.57. The lowest BCUT2D eigenvalue weighted by Gasteiger charge is -2.15. The second-order valence-corrected chi connectivity index (χ2v) is 9.08. The lowest BCUT2D eigenvalue weighted by atomic mass is 10.2. The molecule has 0 radical (unpaired) electrons.